The van der Waals surface area contributed by atoms with Gasteiger partial charge in [-0.05, 0) is 37.8 Å². The van der Waals surface area contributed by atoms with E-state index in [0.717, 1.165) is 37.8 Å². The van der Waals surface area contributed by atoms with Gasteiger partial charge in [-0.2, -0.15) is 0 Å². The molecular weight excluding hydrogens is 368 g/mol. The third kappa shape index (κ3) is 37.2. The van der Waals surface area contributed by atoms with Crippen LogP contribution in [0, 0.1) is 0 Å². The van der Waals surface area contributed by atoms with Gasteiger partial charge in [-0.1, -0.05) is 90.2 Å². The summed E-state index contributed by atoms with van der Waals surface area (Å²) in [4.78, 5) is 20.0. The first-order valence-corrected chi connectivity index (χ1v) is 10.3. The first kappa shape index (κ1) is 31.4. The Morgan fingerprint density at radius 1 is 0.593 bits per heavy atom. The van der Waals surface area contributed by atoms with E-state index in [1.165, 1.54) is 64.2 Å². The fourth-order valence-corrected chi connectivity index (χ4v) is 2.44. The molecule has 0 N–H and O–H groups in total. The van der Waals surface area contributed by atoms with E-state index in [-0.39, 0.29) is 37.7 Å². The van der Waals surface area contributed by atoms with Crippen molar-refractivity contribution in [2.24, 2.45) is 0 Å². The first-order valence-electron chi connectivity index (χ1n) is 10.3. The van der Waals surface area contributed by atoms with Crippen LogP contribution in [0.5, 0.6) is 0 Å². The van der Waals surface area contributed by atoms with Gasteiger partial charge in [0.1, 0.15) is 0 Å². The Morgan fingerprint density at radius 3 is 1.19 bits per heavy atom. The van der Waals surface area contributed by atoms with Crippen molar-refractivity contribution in [3.63, 3.8) is 0 Å². The number of hydrogen-bond acceptors (Lipinski definition) is 4. The summed E-state index contributed by atoms with van der Waals surface area (Å²) in [6.45, 7) is 4.39. The van der Waals surface area contributed by atoms with E-state index < -0.39 is 11.9 Å². The standard InChI is InChI=1S/2C11H20O2.Ca/c2*1-2-3-4-5-6-7-8-9-10-11(12)13;/h2*9-10H,2-8H2,1H3,(H,12,13);/q;;+2/p-2. The topological polar surface area (TPSA) is 80.3 Å². The van der Waals surface area contributed by atoms with Gasteiger partial charge in [0.15, 0.2) is 0 Å². The fourth-order valence-electron chi connectivity index (χ4n) is 2.44. The van der Waals surface area contributed by atoms with Crippen molar-refractivity contribution in [3.8, 4) is 0 Å². The van der Waals surface area contributed by atoms with E-state index in [1.807, 2.05) is 0 Å². The molecule has 0 aromatic heterocycles. The third-order valence-corrected chi connectivity index (χ3v) is 3.96. The van der Waals surface area contributed by atoms with E-state index in [1.54, 1.807) is 12.2 Å². The van der Waals surface area contributed by atoms with Crippen LogP contribution in [0.15, 0.2) is 24.3 Å². The van der Waals surface area contributed by atoms with Gasteiger partial charge in [0, 0.05) is 0 Å². The molecule has 0 aromatic rings. The zero-order valence-electron chi connectivity index (χ0n) is 17.5. The Kier molecular flexibility index (Phi) is 32.4. The van der Waals surface area contributed by atoms with Crippen LogP contribution in [0.3, 0.4) is 0 Å². The number of unbranched alkanes of at least 4 members (excludes halogenated alkanes) is 12. The largest absolute Gasteiger partial charge is 2.00 e. The molecule has 0 atom stereocenters. The summed E-state index contributed by atoms with van der Waals surface area (Å²) < 4.78 is 0. The maximum Gasteiger partial charge on any atom is 2.00 e. The van der Waals surface area contributed by atoms with Gasteiger partial charge < -0.3 is 19.8 Å². The summed E-state index contributed by atoms with van der Waals surface area (Å²) in [7, 11) is 0. The minimum atomic E-state index is -1.09. The van der Waals surface area contributed by atoms with Crippen LogP contribution in [-0.4, -0.2) is 49.7 Å². The summed E-state index contributed by atoms with van der Waals surface area (Å²) in [5.41, 5.74) is 0. The number of carbonyl (C=O) groups is 2. The summed E-state index contributed by atoms with van der Waals surface area (Å²) in [5.74, 6) is -2.18. The molecule has 0 aliphatic rings. The van der Waals surface area contributed by atoms with Crippen LogP contribution in [0.2, 0.25) is 0 Å². The predicted molar refractivity (Wildman–Crippen MR) is 110 cm³/mol. The molecule has 0 aliphatic carbocycles. The number of aliphatic carboxylic acids is 2. The number of carboxylic acid groups (broad SMARTS) is 2. The average Bonchev–Trinajstić information content (AvgIpc) is 2.60. The number of rotatable bonds is 16. The molecule has 0 bridgehead atoms. The van der Waals surface area contributed by atoms with Crippen molar-refractivity contribution in [3.05, 3.63) is 24.3 Å². The average molecular weight is 407 g/mol. The SMILES string of the molecule is CCCCCCCCC=CC(=O)[O-].CCCCCCCCC=CC(=O)[O-].[Ca+2]. The van der Waals surface area contributed by atoms with E-state index >= 15 is 0 Å². The van der Waals surface area contributed by atoms with Crippen LogP contribution in [0.1, 0.15) is 104 Å². The van der Waals surface area contributed by atoms with Crippen molar-refractivity contribution < 1.29 is 19.8 Å². The van der Waals surface area contributed by atoms with Crippen molar-refractivity contribution in [2.75, 3.05) is 0 Å². The molecule has 0 rings (SSSR count). The van der Waals surface area contributed by atoms with Gasteiger partial charge in [-0.3, -0.25) is 0 Å². The maximum absolute atomic E-state index is 9.98. The molecule has 0 unspecified atom stereocenters. The zero-order valence-corrected chi connectivity index (χ0v) is 19.8. The van der Waals surface area contributed by atoms with Gasteiger partial charge in [0.2, 0.25) is 0 Å². The second-order valence-electron chi connectivity index (χ2n) is 6.56. The van der Waals surface area contributed by atoms with E-state index in [4.69, 9.17) is 0 Å². The summed E-state index contributed by atoms with van der Waals surface area (Å²) in [5, 5.41) is 20.0. The first-order chi connectivity index (χ1) is 12.5. The molecule has 4 nitrogen and oxygen atoms in total. The molecule has 0 aromatic carbocycles. The van der Waals surface area contributed by atoms with Crippen molar-refractivity contribution in [2.45, 2.75) is 104 Å². The Balaban J connectivity index is -0.000000411. The van der Waals surface area contributed by atoms with Crippen LogP contribution in [0.4, 0.5) is 0 Å². The van der Waals surface area contributed by atoms with E-state index in [2.05, 4.69) is 13.8 Å². The Morgan fingerprint density at radius 2 is 0.889 bits per heavy atom. The molecule has 5 heteroatoms. The number of allylic oxidation sites excluding steroid dienone is 2. The van der Waals surface area contributed by atoms with Crippen LogP contribution >= 0.6 is 0 Å². The normalized spacial score (nSPS) is 10.4. The summed E-state index contributed by atoms with van der Waals surface area (Å²) in [6, 6.07) is 0. The van der Waals surface area contributed by atoms with Gasteiger partial charge in [0.05, 0.1) is 11.9 Å². The fraction of sp³-hybridized carbons (Fsp3) is 0.727. The monoisotopic (exact) mass is 406 g/mol. The van der Waals surface area contributed by atoms with E-state index in [9.17, 15) is 19.8 Å². The number of carboxylic acids is 2. The molecule has 0 amide bonds. The van der Waals surface area contributed by atoms with Gasteiger partial charge >= 0.3 is 37.7 Å². The molecule has 0 aliphatic heterocycles. The zero-order chi connectivity index (χ0) is 19.9. The van der Waals surface area contributed by atoms with Crippen LogP contribution < -0.4 is 10.2 Å². The molecule has 0 saturated carbocycles. The minimum Gasteiger partial charge on any atom is -0.545 e. The Hall–Kier alpha value is -0.320. The predicted octanol–water partition coefficient (Wildman–Crippen LogP) is 3.71. The van der Waals surface area contributed by atoms with Gasteiger partial charge in [0.25, 0.3) is 0 Å². The Bertz CT molecular complexity index is 343. The van der Waals surface area contributed by atoms with Crippen molar-refractivity contribution in [1.29, 1.82) is 0 Å². The molecule has 0 fully saturated rings. The van der Waals surface area contributed by atoms with E-state index in [0.29, 0.717) is 0 Å². The summed E-state index contributed by atoms with van der Waals surface area (Å²) >= 11 is 0. The number of hydrogen-bond donors (Lipinski definition) is 0. The maximum atomic E-state index is 9.98. The van der Waals surface area contributed by atoms with Crippen molar-refractivity contribution >= 4 is 49.7 Å². The van der Waals surface area contributed by atoms with Gasteiger partial charge in [-0.15, -0.1) is 0 Å². The third-order valence-electron chi connectivity index (χ3n) is 3.96. The summed E-state index contributed by atoms with van der Waals surface area (Å²) in [6.07, 6.45) is 22.2. The molecule has 0 saturated heterocycles. The molecule has 27 heavy (non-hydrogen) atoms. The molecule has 0 heterocycles. The van der Waals surface area contributed by atoms with Crippen molar-refractivity contribution in [1.82, 2.24) is 0 Å². The molecule has 152 valence electrons. The minimum absolute atomic E-state index is 0. The van der Waals surface area contributed by atoms with Gasteiger partial charge in [-0.25, -0.2) is 0 Å². The van der Waals surface area contributed by atoms with Crippen LogP contribution in [-0.2, 0) is 9.59 Å². The number of carbonyl (C=O) groups excluding carboxylic acids is 2. The quantitative estimate of drug-likeness (QED) is 0.222. The molecular formula is C22H38CaO4. The molecule has 0 spiro atoms. The second-order valence-corrected chi connectivity index (χ2v) is 6.56. The van der Waals surface area contributed by atoms with Crippen LogP contribution in [0.25, 0.3) is 0 Å². The second kappa shape index (κ2) is 27.9. The smallest absolute Gasteiger partial charge is 0.545 e. The molecule has 0 radical (unpaired) electrons. The Labute approximate surface area is 196 Å².